The third-order valence-electron chi connectivity index (χ3n) is 14.9. The molecule has 1 heterocycles. The van der Waals surface area contributed by atoms with Crippen molar-refractivity contribution in [1.29, 1.82) is 0 Å². The highest BCUT2D eigenvalue weighted by atomic mass is 32.1. The van der Waals surface area contributed by atoms with Crippen molar-refractivity contribution >= 4 is 48.6 Å². The molecule has 10 aromatic carbocycles. The van der Waals surface area contributed by atoms with Crippen LogP contribution in [0, 0.1) is 0 Å². The molecule has 0 bridgehead atoms. The second kappa shape index (κ2) is 14.9. The van der Waals surface area contributed by atoms with Gasteiger partial charge in [-0.15, -0.1) is 11.3 Å². The maximum absolute atomic E-state index is 2.47. The van der Waals surface area contributed by atoms with Crippen molar-refractivity contribution in [3.63, 3.8) is 0 Å². The molecule has 0 amide bonds. The van der Waals surface area contributed by atoms with E-state index in [1.165, 1.54) is 98.1 Å². The molecule has 0 N–H and O–H groups in total. The first kappa shape index (κ1) is 38.7. The van der Waals surface area contributed by atoms with Gasteiger partial charge in [0.1, 0.15) is 0 Å². The Hall–Kier alpha value is -7.78. The summed E-state index contributed by atoms with van der Waals surface area (Å²) in [5.41, 5.74) is 20.9. The number of fused-ring (bicyclic) bond motifs is 9. The zero-order chi connectivity index (χ0) is 44.0. The minimum Gasteiger partial charge on any atom is -0.310 e. The monoisotopic (exact) mass is 859 g/mol. The number of thiophene rings is 1. The van der Waals surface area contributed by atoms with E-state index < -0.39 is 0 Å². The van der Waals surface area contributed by atoms with Gasteiger partial charge in [-0.3, -0.25) is 0 Å². The summed E-state index contributed by atoms with van der Waals surface area (Å²) in [5.74, 6) is 0. The molecule has 0 saturated carbocycles. The zero-order valence-corrected chi connectivity index (χ0v) is 37.7. The predicted molar refractivity (Wildman–Crippen MR) is 280 cm³/mol. The minimum absolute atomic E-state index is 0.257. The Bertz CT molecular complexity index is 3680. The van der Waals surface area contributed by atoms with Crippen molar-refractivity contribution in [1.82, 2.24) is 0 Å². The van der Waals surface area contributed by atoms with Crippen molar-refractivity contribution in [3.05, 3.63) is 270 Å². The van der Waals surface area contributed by atoms with Gasteiger partial charge in [0.25, 0.3) is 0 Å². The molecule has 66 heavy (non-hydrogen) atoms. The molecule has 0 fully saturated rings. The maximum Gasteiger partial charge on any atom is 0.0540 e. The van der Waals surface area contributed by atoms with Crippen molar-refractivity contribution in [2.24, 2.45) is 0 Å². The first-order chi connectivity index (χ1) is 32.5. The van der Waals surface area contributed by atoms with Crippen LogP contribution in [-0.2, 0) is 10.8 Å². The Morgan fingerprint density at radius 2 is 0.788 bits per heavy atom. The van der Waals surface area contributed by atoms with E-state index in [1.807, 2.05) is 11.3 Å². The summed E-state index contributed by atoms with van der Waals surface area (Å²) in [7, 11) is 0. The Balaban J connectivity index is 0.959. The van der Waals surface area contributed by atoms with Crippen LogP contribution in [0.15, 0.2) is 237 Å². The van der Waals surface area contributed by atoms with E-state index in [4.69, 9.17) is 0 Å². The fourth-order valence-electron chi connectivity index (χ4n) is 11.5. The smallest absolute Gasteiger partial charge is 0.0540 e. The third-order valence-corrected chi connectivity index (χ3v) is 16.0. The largest absolute Gasteiger partial charge is 0.310 e. The third kappa shape index (κ3) is 5.71. The van der Waals surface area contributed by atoms with Gasteiger partial charge < -0.3 is 4.90 Å². The van der Waals surface area contributed by atoms with Gasteiger partial charge >= 0.3 is 0 Å². The lowest BCUT2D eigenvalue weighted by molar-refractivity contribution is 0.714. The Labute approximate surface area is 390 Å². The number of rotatable bonds is 7. The highest BCUT2D eigenvalue weighted by Crippen LogP contribution is 2.55. The summed E-state index contributed by atoms with van der Waals surface area (Å²) in [6.45, 7) is 4.80. The molecule has 2 heteroatoms. The SMILES string of the molecule is CC1(c2ccccc2)c2ccccc2-c2ccc(-c3ccc(N(c4ccc5sc6ccccc6c5c4)c4ccccc4-c4ccc5c(c4)C(C)(c4ccccc4)c4ccccc4-5)cc3)cc21. The number of anilines is 3. The first-order valence-corrected chi connectivity index (χ1v) is 23.8. The van der Waals surface area contributed by atoms with E-state index in [-0.39, 0.29) is 10.8 Å². The predicted octanol–water partition coefficient (Wildman–Crippen LogP) is 17.5. The Kier molecular flexibility index (Phi) is 8.72. The van der Waals surface area contributed by atoms with Gasteiger partial charge in [0.05, 0.1) is 5.69 Å². The molecule has 0 aliphatic heterocycles. The minimum atomic E-state index is -0.294. The molecular formula is C64H45NS. The van der Waals surface area contributed by atoms with Crippen LogP contribution < -0.4 is 4.90 Å². The lowest BCUT2D eigenvalue weighted by Crippen LogP contribution is -2.22. The number of hydrogen-bond donors (Lipinski definition) is 0. The summed E-state index contributed by atoms with van der Waals surface area (Å²) in [6.07, 6.45) is 0. The standard InChI is InChI=1S/C64H45NS/c1-63(45-17-5-3-6-18-45)56-25-13-9-22-50(56)52-36-31-43(39-58(52)63)42-29-33-47(34-30-42)65(48-35-38-62-55(41-48)54-24-12-16-28-61(54)66-62)60-27-15-11-21-49(60)44-32-37-53-51-23-10-14-26-57(51)64(2,59(53)40-44)46-19-7-4-8-20-46/h3-41H,1-2H3. The van der Waals surface area contributed by atoms with Gasteiger partial charge in [-0.1, -0.05) is 182 Å². The zero-order valence-electron chi connectivity index (χ0n) is 36.9. The van der Waals surface area contributed by atoms with E-state index in [1.54, 1.807) is 0 Å². The Morgan fingerprint density at radius 1 is 0.318 bits per heavy atom. The van der Waals surface area contributed by atoms with Gasteiger partial charge in [0.15, 0.2) is 0 Å². The summed E-state index contributed by atoms with van der Waals surface area (Å²) < 4.78 is 2.60. The average Bonchev–Trinajstić information content (AvgIpc) is 3.98. The van der Waals surface area contributed by atoms with Crippen LogP contribution in [0.25, 0.3) is 64.7 Å². The number of para-hydroxylation sites is 1. The Morgan fingerprint density at radius 3 is 1.44 bits per heavy atom. The molecule has 1 aromatic heterocycles. The van der Waals surface area contributed by atoms with Gasteiger partial charge in [0, 0.05) is 47.9 Å². The molecular weight excluding hydrogens is 815 g/mol. The summed E-state index contributed by atoms with van der Waals surface area (Å²) in [5, 5.41) is 2.57. The van der Waals surface area contributed by atoms with E-state index >= 15 is 0 Å². The maximum atomic E-state index is 2.47. The fraction of sp³-hybridized carbons (Fsp3) is 0.0625. The average molecular weight is 860 g/mol. The molecule has 1 nitrogen and oxygen atoms in total. The van der Waals surface area contributed by atoms with Crippen molar-refractivity contribution in [3.8, 4) is 44.5 Å². The molecule has 2 unspecified atom stereocenters. The van der Waals surface area contributed by atoms with Crippen LogP contribution in [0.2, 0.25) is 0 Å². The van der Waals surface area contributed by atoms with Gasteiger partial charge in [0.2, 0.25) is 0 Å². The molecule has 11 aromatic rings. The van der Waals surface area contributed by atoms with Crippen LogP contribution in [0.5, 0.6) is 0 Å². The molecule has 312 valence electrons. The van der Waals surface area contributed by atoms with Crippen LogP contribution in [0.4, 0.5) is 17.1 Å². The van der Waals surface area contributed by atoms with E-state index in [2.05, 4.69) is 255 Å². The highest BCUT2D eigenvalue weighted by molar-refractivity contribution is 7.25. The number of benzene rings is 10. The van der Waals surface area contributed by atoms with E-state index in [0.717, 1.165) is 17.1 Å². The molecule has 2 aliphatic rings. The van der Waals surface area contributed by atoms with Gasteiger partial charge in [-0.2, -0.15) is 0 Å². The lowest BCUT2D eigenvalue weighted by atomic mass is 9.74. The van der Waals surface area contributed by atoms with Gasteiger partial charge in [-0.25, -0.2) is 0 Å². The second-order valence-corrected chi connectivity index (χ2v) is 19.4. The normalized spacial score (nSPS) is 16.8. The first-order valence-electron chi connectivity index (χ1n) is 23.0. The summed E-state index contributed by atoms with van der Waals surface area (Å²) in [6, 6.07) is 88.1. The summed E-state index contributed by atoms with van der Waals surface area (Å²) in [4.78, 5) is 2.47. The van der Waals surface area contributed by atoms with E-state index in [0.29, 0.717) is 0 Å². The molecule has 2 aliphatic carbocycles. The quantitative estimate of drug-likeness (QED) is 0.154. The van der Waals surface area contributed by atoms with Crippen molar-refractivity contribution in [2.45, 2.75) is 24.7 Å². The van der Waals surface area contributed by atoms with Crippen molar-refractivity contribution < 1.29 is 0 Å². The lowest BCUT2D eigenvalue weighted by Gasteiger charge is -2.30. The van der Waals surface area contributed by atoms with Gasteiger partial charge in [-0.05, 0) is 141 Å². The number of hydrogen-bond acceptors (Lipinski definition) is 2. The van der Waals surface area contributed by atoms with Crippen LogP contribution >= 0.6 is 11.3 Å². The topological polar surface area (TPSA) is 3.24 Å². The number of nitrogens with zero attached hydrogens (tertiary/aromatic N) is 1. The fourth-order valence-corrected chi connectivity index (χ4v) is 12.6. The van der Waals surface area contributed by atoms with Crippen molar-refractivity contribution in [2.75, 3.05) is 4.90 Å². The van der Waals surface area contributed by atoms with E-state index in [9.17, 15) is 0 Å². The molecule has 2 atom stereocenters. The summed E-state index contributed by atoms with van der Waals surface area (Å²) >= 11 is 1.86. The van der Waals surface area contributed by atoms with Crippen LogP contribution in [-0.4, -0.2) is 0 Å². The van der Waals surface area contributed by atoms with Crippen LogP contribution in [0.1, 0.15) is 47.2 Å². The van der Waals surface area contributed by atoms with Crippen LogP contribution in [0.3, 0.4) is 0 Å². The second-order valence-electron chi connectivity index (χ2n) is 18.3. The highest BCUT2D eigenvalue weighted by Gasteiger charge is 2.42. The molecule has 13 rings (SSSR count). The molecule has 0 saturated heterocycles. The molecule has 0 spiro atoms. The molecule has 0 radical (unpaired) electrons.